The quantitative estimate of drug-likeness (QED) is 0.195. The first-order chi connectivity index (χ1) is 6.99. The Bertz CT molecular complexity index is 319. The highest BCUT2D eigenvalue weighted by Gasteiger charge is 2.06. The van der Waals surface area contributed by atoms with E-state index in [1.54, 1.807) is 6.08 Å². The molecule has 0 unspecified atom stereocenters. The second-order valence-electron chi connectivity index (χ2n) is 2.78. The molecule has 5 nitrogen and oxygen atoms in total. The number of nitrogens with one attached hydrogen (secondary N) is 2. The highest BCUT2D eigenvalue weighted by molar-refractivity contribution is 5.97. The number of hydrogen-bond acceptors (Lipinski definition) is 3. The lowest BCUT2D eigenvalue weighted by Gasteiger charge is -2.04. The summed E-state index contributed by atoms with van der Waals surface area (Å²) in [4.78, 5) is 21.7. The van der Waals surface area contributed by atoms with Gasteiger partial charge in [0.25, 0.3) is 5.91 Å². The second kappa shape index (κ2) is 6.56. The summed E-state index contributed by atoms with van der Waals surface area (Å²) < 4.78 is 0. The van der Waals surface area contributed by atoms with Gasteiger partial charge in [-0.25, -0.2) is 10.2 Å². The summed E-state index contributed by atoms with van der Waals surface area (Å²) in [6, 6.07) is 0. The van der Waals surface area contributed by atoms with E-state index in [9.17, 15) is 9.59 Å². The number of carbonyl (C=O) groups is 2. The third kappa shape index (κ3) is 5.43. The molecule has 0 aliphatic carbocycles. The molecule has 15 heavy (non-hydrogen) atoms. The van der Waals surface area contributed by atoms with Crippen LogP contribution < -0.4 is 10.9 Å². The monoisotopic (exact) mass is 210 g/mol. The van der Waals surface area contributed by atoms with E-state index in [-0.39, 0.29) is 11.1 Å². The molecule has 0 aromatic carbocycles. The molecule has 0 atom stereocenters. The zero-order valence-electron chi connectivity index (χ0n) is 8.54. The van der Waals surface area contributed by atoms with Gasteiger partial charge in [0, 0.05) is 17.7 Å². The maximum atomic E-state index is 11.2. The first-order valence-electron chi connectivity index (χ1n) is 4.23. The molecule has 0 aromatic heterocycles. The molecule has 0 rings (SSSR count). The van der Waals surface area contributed by atoms with E-state index in [0.29, 0.717) is 6.54 Å². The Kier molecular flexibility index (Phi) is 5.73. The number of hydrogen-bond donors (Lipinski definition) is 3. The Balaban J connectivity index is 4.21. The number of amides is 1. The van der Waals surface area contributed by atoms with Crippen LogP contribution in [0.15, 0.2) is 36.5 Å². The summed E-state index contributed by atoms with van der Waals surface area (Å²) in [5, 5.41) is 8.56. The molecule has 0 saturated heterocycles. The number of carboxylic acids is 1. The van der Waals surface area contributed by atoms with E-state index < -0.39 is 11.9 Å². The minimum absolute atomic E-state index is 0.0545. The summed E-state index contributed by atoms with van der Waals surface area (Å²) in [6.45, 7) is 8.69. The van der Waals surface area contributed by atoms with Crippen molar-refractivity contribution in [1.82, 2.24) is 10.9 Å². The maximum Gasteiger partial charge on any atom is 0.331 e. The number of aliphatic carboxylic acids is 1. The van der Waals surface area contributed by atoms with Gasteiger partial charge in [0.2, 0.25) is 0 Å². The van der Waals surface area contributed by atoms with Crippen LogP contribution in [-0.2, 0) is 9.59 Å². The molecule has 0 spiro atoms. The predicted octanol–water partition coefficient (Wildman–Crippen LogP) is 0.380. The van der Waals surface area contributed by atoms with E-state index in [2.05, 4.69) is 24.0 Å². The molecule has 0 saturated carbocycles. The van der Waals surface area contributed by atoms with Crippen LogP contribution in [0.4, 0.5) is 0 Å². The first-order valence-corrected chi connectivity index (χ1v) is 4.23. The Hall–Kier alpha value is -1.88. The van der Waals surface area contributed by atoms with E-state index in [1.165, 1.54) is 13.0 Å². The lowest BCUT2D eigenvalue weighted by Crippen LogP contribution is -2.37. The molecule has 5 heteroatoms. The lowest BCUT2D eigenvalue weighted by molar-refractivity contribution is -0.132. The number of hydrazine groups is 1. The number of carboxylic acid groups (broad SMARTS) is 1. The van der Waals surface area contributed by atoms with Gasteiger partial charge in [-0.15, -0.1) is 6.58 Å². The van der Waals surface area contributed by atoms with Gasteiger partial charge in [-0.05, 0) is 13.0 Å². The Morgan fingerprint density at radius 3 is 2.53 bits per heavy atom. The van der Waals surface area contributed by atoms with Crippen LogP contribution in [0.25, 0.3) is 0 Å². The van der Waals surface area contributed by atoms with E-state index in [1.807, 2.05) is 0 Å². The fraction of sp³-hybridized carbons (Fsp3) is 0.200. The zero-order valence-corrected chi connectivity index (χ0v) is 8.54. The largest absolute Gasteiger partial charge is 0.478 e. The number of rotatable bonds is 6. The Labute approximate surface area is 88.1 Å². The van der Waals surface area contributed by atoms with Gasteiger partial charge < -0.3 is 5.11 Å². The molecule has 82 valence electrons. The maximum absolute atomic E-state index is 11.2. The highest BCUT2D eigenvalue weighted by Crippen LogP contribution is 1.99. The van der Waals surface area contributed by atoms with Crippen molar-refractivity contribution in [3.63, 3.8) is 0 Å². The van der Waals surface area contributed by atoms with Crippen molar-refractivity contribution >= 4 is 11.9 Å². The standard InChI is InChI=1S/C10H14N2O3/c1-4-5-11-12-9(13)7(2)6-8(3)10(14)15/h4,6,11H,1-2,5H2,3H3,(H,12,13)(H,14,15). The van der Waals surface area contributed by atoms with E-state index in [4.69, 9.17) is 5.11 Å². The Morgan fingerprint density at radius 1 is 1.47 bits per heavy atom. The molecule has 0 fully saturated rings. The van der Waals surface area contributed by atoms with Crippen LogP contribution in [0.1, 0.15) is 6.92 Å². The molecule has 0 bridgehead atoms. The van der Waals surface area contributed by atoms with Crippen LogP contribution in [0, 0.1) is 0 Å². The third-order valence-corrected chi connectivity index (χ3v) is 1.47. The van der Waals surface area contributed by atoms with Crippen molar-refractivity contribution in [2.75, 3.05) is 6.54 Å². The summed E-state index contributed by atoms with van der Waals surface area (Å²) in [7, 11) is 0. The van der Waals surface area contributed by atoms with Gasteiger partial charge in [-0.1, -0.05) is 12.7 Å². The summed E-state index contributed by atoms with van der Waals surface area (Å²) in [5.41, 5.74) is 5.02. The minimum Gasteiger partial charge on any atom is -0.478 e. The predicted molar refractivity (Wildman–Crippen MR) is 56.9 cm³/mol. The molecule has 1 amide bonds. The van der Waals surface area contributed by atoms with Gasteiger partial charge in [0.05, 0.1) is 0 Å². The number of carbonyl (C=O) groups excluding carboxylic acids is 1. The Morgan fingerprint density at radius 2 is 2.07 bits per heavy atom. The lowest BCUT2D eigenvalue weighted by atomic mass is 10.2. The average Bonchev–Trinajstić information content (AvgIpc) is 2.17. The molecular formula is C10H14N2O3. The molecule has 0 heterocycles. The van der Waals surface area contributed by atoms with Crippen molar-refractivity contribution < 1.29 is 14.7 Å². The van der Waals surface area contributed by atoms with Crippen molar-refractivity contribution in [3.05, 3.63) is 36.5 Å². The van der Waals surface area contributed by atoms with Crippen LogP contribution >= 0.6 is 0 Å². The minimum atomic E-state index is -1.08. The van der Waals surface area contributed by atoms with Crippen molar-refractivity contribution in [2.45, 2.75) is 6.92 Å². The summed E-state index contributed by atoms with van der Waals surface area (Å²) in [5.74, 6) is -1.56. The third-order valence-electron chi connectivity index (χ3n) is 1.47. The average molecular weight is 210 g/mol. The SMILES string of the molecule is C=CCNNC(=O)C(=C)C=C(C)C(=O)O. The van der Waals surface area contributed by atoms with Gasteiger partial charge >= 0.3 is 5.97 Å². The van der Waals surface area contributed by atoms with Crippen molar-refractivity contribution in [2.24, 2.45) is 0 Å². The molecule has 0 aromatic rings. The van der Waals surface area contributed by atoms with E-state index in [0.717, 1.165) is 0 Å². The van der Waals surface area contributed by atoms with Gasteiger partial charge in [-0.3, -0.25) is 10.2 Å². The molecule has 0 aliphatic rings. The zero-order chi connectivity index (χ0) is 11.8. The summed E-state index contributed by atoms with van der Waals surface area (Å²) >= 11 is 0. The topological polar surface area (TPSA) is 78.4 Å². The molecule has 0 aliphatic heterocycles. The molecule has 0 radical (unpaired) electrons. The first kappa shape index (κ1) is 13.1. The normalized spacial score (nSPS) is 10.6. The smallest absolute Gasteiger partial charge is 0.331 e. The fourth-order valence-corrected chi connectivity index (χ4v) is 0.672. The van der Waals surface area contributed by atoms with Crippen molar-refractivity contribution in [1.29, 1.82) is 0 Å². The fourth-order valence-electron chi connectivity index (χ4n) is 0.672. The summed E-state index contributed by atoms with van der Waals surface area (Å²) in [6.07, 6.45) is 2.77. The molecular weight excluding hydrogens is 196 g/mol. The van der Waals surface area contributed by atoms with E-state index >= 15 is 0 Å². The van der Waals surface area contributed by atoms with Crippen LogP contribution in [-0.4, -0.2) is 23.5 Å². The highest BCUT2D eigenvalue weighted by atomic mass is 16.4. The second-order valence-corrected chi connectivity index (χ2v) is 2.78. The van der Waals surface area contributed by atoms with Crippen LogP contribution in [0.5, 0.6) is 0 Å². The molecule has 3 N–H and O–H groups in total. The van der Waals surface area contributed by atoms with Crippen LogP contribution in [0.2, 0.25) is 0 Å². The van der Waals surface area contributed by atoms with Gasteiger partial charge in [-0.2, -0.15) is 0 Å². The van der Waals surface area contributed by atoms with Gasteiger partial charge in [0.1, 0.15) is 0 Å². The van der Waals surface area contributed by atoms with Gasteiger partial charge in [0.15, 0.2) is 0 Å². The van der Waals surface area contributed by atoms with Crippen LogP contribution in [0.3, 0.4) is 0 Å². The van der Waals surface area contributed by atoms with Crippen molar-refractivity contribution in [3.8, 4) is 0 Å².